The number of carbonyl (C=O) groups excluding carboxylic acids is 1. The number of amidine groups is 1. The van der Waals surface area contributed by atoms with Crippen molar-refractivity contribution in [3.8, 4) is 0 Å². The second kappa shape index (κ2) is 6.74. The molecule has 0 saturated carbocycles. The van der Waals surface area contributed by atoms with E-state index in [1.165, 1.54) is 17.4 Å². The molecule has 126 valence electrons. The lowest BCUT2D eigenvalue weighted by atomic mass is 10.2. The van der Waals surface area contributed by atoms with E-state index in [1.807, 2.05) is 17.5 Å². The smallest absolute Gasteiger partial charge is 0.311 e. The van der Waals surface area contributed by atoms with E-state index in [4.69, 9.17) is 4.74 Å². The molecule has 0 aliphatic carbocycles. The van der Waals surface area contributed by atoms with Gasteiger partial charge in [0.15, 0.2) is 5.84 Å². The van der Waals surface area contributed by atoms with E-state index < -0.39 is 10.0 Å². The highest BCUT2D eigenvalue weighted by atomic mass is 32.2. The van der Waals surface area contributed by atoms with Crippen molar-refractivity contribution in [1.82, 2.24) is 4.90 Å². The van der Waals surface area contributed by atoms with Gasteiger partial charge in [0.2, 0.25) is 0 Å². The standard InChI is InChI=1S/C16H16N2O4S2/c1-18(8-9-22-15(19)11-12-5-4-10-23-12)16-13-6-2-3-7-14(13)24(20,21)17-16/h2-7,10H,8-9,11H2,1H3. The Kier molecular flexibility index (Phi) is 4.68. The molecule has 1 aliphatic heterocycles. The molecule has 3 rings (SSSR count). The van der Waals surface area contributed by atoms with E-state index in [-0.39, 0.29) is 23.9 Å². The third-order valence-corrected chi connectivity index (χ3v) is 5.76. The summed E-state index contributed by atoms with van der Waals surface area (Å²) >= 11 is 1.51. The van der Waals surface area contributed by atoms with Crippen molar-refractivity contribution in [1.29, 1.82) is 0 Å². The minimum absolute atomic E-state index is 0.169. The van der Waals surface area contributed by atoms with Crippen LogP contribution >= 0.6 is 11.3 Å². The fraction of sp³-hybridized carbons (Fsp3) is 0.250. The van der Waals surface area contributed by atoms with Gasteiger partial charge in [0, 0.05) is 17.5 Å². The van der Waals surface area contributed by atoms with Gasteiger partial charge in [0.25, 0.3) is 10.0 Å². The predicted molar refractivity (Wildman–Crippen MR) is 91.8 cm³/mol. The third kappa shape index (κ3) is 3.49. The SMILES string of the molecule is CN(CCOC(=O)Cc1cccs1)C1=NS(=O)(=O)c2ccccc21. The summed E-state index contributed by atoms with van der Waals surface area (Å²) in [6.45, 7) is 0.529. The molecule has 0 unspecified atom stereocenters. The number of hydrogen-bond acceptors (Lipinski definition) is 6. The monoisotopic (exact) mass is 364 g/mol. The van der Waals surface area contributed by atoms with Crippen LogP contribution in [0.15, 0.2) is 51.1 Å². The van der Waals surface area contributed by atoms with Crippen molar-refractivity contribution in [2.24, 2.45) is 4.40 Å². The molecule has 0 spiro atoms. The molecule has 2 aromatic rings. The fourth-order valence-electron chi connectivity index (χ4n) is 2.37. The molecule has 0 bridgehead atoms. The second-order valence-corrected chi connectivity index (χ2v) is 7.89. The lowest BCUT2D eigenvalue weighted by Gasteiger charge is -2.18. The van der Waals surface area contributed by atoms with Crippen LogP contribution in [0.4, 0.5) is 0 Å². The minimum atomic E-state index is -3.64. The fourth-order valence-corrected chi connectivity index (χ4v) is 4.31. The maximum absolute atomic E-state index is 12.0. The number of hydrogen-bond donors (Lipinski definition) is 0. The molecule has 0 amide bonds. The van der Waals surface area contributed by atoms with Crippen molar-refractivity contribution >= 4 is 33.2 Å². The van der Waals surface area contributed by atoms with Crippen LogP contribution < -0.4 is 0 Å². The molecule has 24 heavy (non-hydrogen) atoms. The van der Waals surface area contributed by atoms with E-state index in [9.17, 15) is 13.2 Å². The van der Waals surface area contributed by atoms with E-state index in [1.54, 1.807) is 30.1 Å². The highest BCUT2D eigenvalue weighted by Crippen LogP contribution is 2.26. The number of thiophene rings is 1. The number of nitrogens with zero attached hydrogens (tertiary/aromatic N) is 2. The molecule has 1 aromatic carbocycles. The molecule has 0 saturated heterocycles. The number of likely N-dealkylation sites (N-methyl/N-ethyl adjacent to an activating group) is 1. The van der Waals surface area contributed by atoms with Gasteiger partial charge in [-0.3, -0.25) is 4.79 Å². The van der Waals surface area contributed by atoms with Crippen LogP contribution in [-0.2, 0) is 26.0 Å². The molecule has 1 aromatic heterocycles. The summed E-state index contributed by atoms with van der Waals surface area (Å²) in [5, 5.41) is 1.91. The van der Waals surface area contributed by atoms with Gasteiger partial charge >= 0.3 is 5.97 Å². The van der Waals surface area contributed by atoms with Crippen LogP contribution in [0.5, 0.6) is 0 Å². The van der Waals surface area contributed by atoms with Crippen molar-refractivity contribution in [2.75, 3.05) is 20.2 Å². The van der Waals surface area contributed by atoms with Crippen molar-refractivity contribution in [3.05, 3.63) is 52.2 Å². The maximum atomic E-state index is 12.0. The van der Waals surface area contributed by atoms with Crippen molar-refractivity contribution in [2.45, 2.75) is 11.3 Å². The minimum Gasteiger partial charge on any atom is -0.464 e. The van der Waals surface area contributed by atoms with Crippen LogP contribution in [0.1, 0.15) is 10.4 Å². The highest BCUT2D eigenvalue weighted by molar-refractivity contribution is 7.90. The van der Waals surface area contributed by atoms with Gasteiger partial charge in [-0.2, -0.15) is 8.42 Å². The van der Waals surface area contributed by atoms with Gasteiger partial charge in [0.1, 0.15) is 11.5 Å². The summed E-state index contributed by atoms with van der Waals surface area (Å²) in [7, 11) is -1.91. The molecule has 0 atom stereocenters. The summed E-state index contributed by atoms with van der Waals surface area (Å²) in [4.78, 5) is 14.6. The number of fused-ring (bicyclic) bond motifs is 1. The van der Waals surface area contributed by atoms with Crippen LogP contribution in [0.25, 0.3) is 0 Å². The molecular formula is C16H16N2O4S2. The zero-order chi connectivity index (χ0) is 17.2. The highest BCUT2D eigenvalue weighted by Gasteiger charge is 2.30. The van der Waals surface area contributed by atoms with E-state index in [0.717, 1.165) is 4.88 Å². The van der Waals surface area contributed by atoms with Crippen LogP contribution in [0.2, 0.25) is 0 Å². The number of rotatable bonds is 5. The zero-order valence-corrected chi connectivity index (χ0v) is 14.6. The quantitative estimate of drug-likeness (QED) is 0.758. The molecular weight excluding hydrogens is 348 g/mol. The third-order valence-electron chi connectivity index (χ3n) is 3.56. The lowest BCUT2D eigenvalue weighted by Crippen LogP contribution is -2.30. The number of benzene rings is 1. The Labute approximate surface area is 144 Å². The van der Waals surface area contributed by atoms with E-state index >= 15 is 0 Å². The Morgan fingerprint density at radius 1 is 1.25 bits per heavy atom. The van der Waals surface area contributed by atoms with Gasteiger partial charge in [-0.1, -0.05) is 18.2 Å². The lowest BCUT2D eigenvalue weighted by molar-refractivity contribution is -0.142. The van der Waals surface area contributed by atoms with E-state index in [0.29, 0.717) is 17.9 Å². The van der Waals surface area contributed by atoms with Gasteiger partial charge in [0.05, 0.1) is 13.0 Å². The summed E-state index contributed by atoms with van der Waals surface area (Å²) in [6.07, 6.45) is 0.250. The van der Waals surface area contributed by atoms with Crippen LogP contribution in [0.3, 0.4) is 0 Å². The molecule has 6 nitrogen and oxygen atoms in total. The molecule has 0 N–H and O–H groups in total. The normalized spacial score (nSPS) is 14.8. The molecule has 8 heteroatoms. The number of esters is 1. The average molecular weight is 364 g/mol. The number of sulfonamides is 1. The van der Waals surface area contributed by atoms with Gasteiger partial charge in [-0.15, -0.1) is 15.7 Å². The maximum Gasteiger partial charge on any atom is 0.311 e. The summed E-state index contributed by atoms with van der Waals surface area (Å²) < 4.78 is 33.1. The molecule has 1 aliphatic rings. The zero-order valence-electron chi connectivity index (χ0n) is 13.0. The topological polar surface area (TPSA) is 76.0 Å². The van der Waals surface area contributed by atoms with Gasteiger partial charge in [-0.05, 0) is 23.6 Å². The first-order valence-corrected chi connectivity index (χ1v) is 9.63. The van der Waals surface area contributed by atoms with Crippen molar-refractivity contribution in [3.63, 3.8) is 0 Å². The Balaban J connectivity index is 1.58. The first-order valence-electron chi connectivity index (χ1n) is 7.31. The van der Waals surface area contributed by atoms with Gasteiger partial charge < -0.3 is 9.64 Å². The second-order valence-electron chi connectivity index (χ2n) is 5.28. The average Bonchev–Trinajstić information content (AvgIpc) is 3.14. The molecule has 2 heterocycles. The summed E-state index contributed by atoms with van der Waals surface area (Å²) in [6, 6.07) is 10.5. The summed E-state index contributed by atoms with van der Waals surface area (Å²) in [5.74, 6) is 0.0761. The number of ether oxygens (including phenoxy) is 1. The van der Waals surface area contributed by atoms with Gasteiger partial charge in [-0.25, -0.2) is 0 Å². The first-order chi connectivity index (χ1) is 11.5. The van der Waals surface area contributed by atoms with Crippen molar-refractivity contribution < 1.29 is 17.9 Å². The summed E-state index contributed by atoms with van der Waals surface area (Å²) in [5.41, 5.74) is 0.574. The van der Waals surface area contributed by atoms with E-state index in [2.05, 4.69) is 4.40 Å². The predicted octanol–water partition coefficient (Wildman–Crippen LogP) is 1.91. The molecule has 0 fully saturated rings. The van der Waals surface area contributed by atoms with Crippen LogP contribution in [-0.4, -0.2) is 45.3 Å². The Bertz CT molecular complexity index is 873. The number of carbonyl (C=O) groups is 1. The largest absolute Gasteiger partial charge is 0.464 e. The van der Waals surface area contributed by atoms with Crippen LogP contribution in [0, 0.1) is 0 Å². The molecule has 0 radical (unpaired) electrons. The first kappa shape index (κ1) is 16.7. The Morgan fingerprint density at radius 2 is 2.04 bits per heavy atom. The Hall–Kier alpha value is -2.19. The Morgan fingerprint density at radius 3 is 2.79 bits per heavy atom.